The Labute approximate surface area is 105 Å². The molecule has 0 atom stereocenters. The second kappa shape index (κ2) is 8.34. The average Bonchev–Trinajstić information content (AvgIpc) is 2.37. The number of hydrogen-bond acceptors (Lipinski definition) is 2. The first-order valence-electron chi connectivity index (χ1n) is 7.01. The highest BCUT2D eigenvalue weighted by Crippen LogP contribution is 2.16. The van der Waals surface area contributed by atoms with Crippen LogP contribution < -0.4 is 10.6 Å². The van der Waals surface area contributed by atoms with Gasteiger partial charge in [0.2, 0.25) is 0 Å². The smallest absolute Gasteiger partial charge is 0.317 e. The van der Waals surface area contributed by atoms with Crippen molar-refractivity contribution >= 4 is 6.03 Å². The molecule has 0 saturated carbocycles. The lowest BCUT2D eigenvalue weighted by molar-refractivity contribution is 0.170. The molecule has 0 bridgehead atoms. The van der Waals surface area contributed by atoms with Crippen molar-refractivity contribution in [1.29, 1.82) is 0 Å². The van der Waals surface area contributed by atoms with E-state index in [-0.39, 0.29) is 6.03 Å². The van der Waals surface area contributed by atoms with Gasteiger partial charge in [0, 0.05) is 19.6 Å². The van der Waals surface area contributed by atoms with Crippen LogP contribution in [0.2, 0.25) is 0 Å². The van der Waals surface area contributed by atoms with Crippen LogP contribution in [0.5, 0.6) is 0 Å². The molecule has 1 aliphatic rings. The molecule has 4 heteroatoms. The van der Waals surface area contributed by atoms with Gasteiger partial charge in [-0.1, -0.05) is 20.3 Å². The molecule has 1 fully saturated rings. The van der Waals surface area contributed by atoms with Crippen molar-refractivity contribution < 1.29 is 4.79 Å². The van der Waals surface area contributed by atoms with Gasteiger partial charge in [-0.05, 0) is 38.3 Å². The fraction of sp³-hybridized carbons (Fsp3) is 0.923. The van der Waals surface area contributed by atoms with E-state index >= 15 is 0 Å². The summed E-state index contributed by atoms with van der Waals surface area (Å²) in [5, 5.41) is 6.37. The first-order chi connectivity index (χ1) is 8.27. The van der Waals surface area contributed by atoms with Crippen LogP contribution in [0.25, 0.3) is 0 Å². The van der Waals surface area contributed by atoms with E-state index < -0.39 is 0 Å². The molecule has 0 radical (unpaired) electrons. The van der Waals surface area contributed by atoms with Crippen molar-refractivity contribution in [2.75, 3.05) is 32.7 Å². The number of rotatable bonds is 6. The highest BCUT2D eigenvalue weighted by Gasteiger charge is 2.21. The van der Waals surface area contributed by atoms with Crippen LogP contribution in [0.4, 0.5) is 4.79 Å². The summed E-state index contributed by atoms with van der Waals surface area (Å²) in [5.74, 6) is 0.745. The predicted molar refractivity (Wildman–Crippen MR) is 71.1 cm³/mol. The van der Waals surface area contributed by atoms with Gasteiger partial charge in [-0.15, -0.1) is 0 Å². The third kappa shape index (κ3) is 5.39. The van der Waals surface area contributed by atoms with E-state index in [4.69, 9.17) is 0 Å². The van der Waals surface area contributed by atoms with Crippen molar-refractivity contribution in [3.05, 3.63) is 0 Å². The Morgan fingerprint density at radius 1 is 1.29 bits per heavy atom. The minimum Gasteiger partial charge on any atom is -0.338 e. The van der Waals surface area contributed by atoms with Gasteiger partial charge in [-0.25, -0.2) is 4.79 Å². The van der Waals surface area contributed by atoms with E-state index in [1.54, 1.807) is 0 Å². The molecule has 0 aromatic carbocycles. The number of unbranched alkanes of at least 4 members (excludes halogenated alkanes) is 1. The average molecular weight is 241 g/mol. The molecule has 100 valence electrons. The van der Waals surface area contributed by atoms with Crippen molar-refractivity contribution in [3.8, 4) is 0 Å². The molecule has 0 aromatic rings. The molecule has 1 heterocycles. The van der Waals surface area contributed by atoms with Gasteiger partial charge in [0.05, 0.1) is 0 Å². The van der Waals surface area contributed by atoms with E-state index in [0.717, 1.165) is 64.3 Å². The van der Waals surface area contributed by atoms with Gasteiger partial charge in [-0.2, -0.15) is 0 Å². The summed E-state index contributed by atoms with van der Waals surface area (Å²) in [6.45, 7) is 9.04. The van der Waals surface area contributed by atoms with E-state index in [1.165, 1.54) is 0 Å². The molecule has 1 rings (SSSR count). The van der Waals surface area contributed by atoms with E-state index in [0.29, 0.717) is 0 Å². The summed E-state index contributed by atoms with van der Waals surface area (Å²) in [6, 6.07) is 0.125. The fourth-order valence-electron chi connectivity index (χ4n) is 2.17. The Balaban J connectivity index is 2.15. The molecular formula is C13H27N3O. The maximum atomic E-state index is 11.8. The molecule has 0 aliphatic carbocycles. The summed E-state index contributed by atoms with van der Waals surface area (Å²) < 4.78 is 0. The van der Waals surface area contributed by atoms with Gasteiger partial charge >= 0.3 is 6.03 Å². The number of hydrogen-bond donors (Lipinski definition) is 2. The largest absolute Gasteiger partial charge is 0.338 e. The molecule has 1 aliphatic heterocycles. The zero-order valence-corrected chi connectivity index (χ0v) is 11.3. The molecule has 17 heavy (non-hydrogen) atoms. The zero-order chi connectivity index (χ0) is 12.5. The second-order valence-corrected chi connectivity index (χ2v) is 4.82. The van der Waals surface area contributed by atoms with Crippen LogP contribution in [0.1, 0.15) is 39.5 Å². The number of urea groups is 1. The number of carbonyl (C=O) groups excluding carboxylic acids is 1. The van der Waals surface area contributed by atoms with Gasteiger partial charge in [0.15, 0.2) is 0 Å². The van der Waals surface area contributed by atoms with Gasteiger partial charge in [0.25, 0.3) is 0 Å². The number of nitrogens with zero attached hydrogens (tertiary/aromatic N) is 1. The normalized spacial score (nSPS) is 17.2. The van der Waals surface area contributed by atoms with E-state index in [1.807, 2.05) is 4.90 Å². The third-order valence-electron chi connectivity index (χ3n) is 3.39. The molecule has 2 N–H and O–H groups in total. The number of piperidine rings is 1. The lowest BCUT2D eigenvalue weighted by atomic mass is 9.97. The van der Waals surface area contributed by atoms with Gasteiger partial charge in [0.1, 0.15) is 0 Å². The minimum absolute atomic E-state index is 0.125. The van der Waals surface area contributed by atoms with Crippen molar-refractivity contribution in [2.45, 2.75) is 39.5 Å². The maximum Gasteiger partial charge on any atom is 0.317 e. The lowest BCUT2D eigenvalue weighted by Gasteiger charge is -2.32. The summed E-state index contributed by atoms with van der Waals surface area (Å²) in [6.07, 6.45) is 4.47. The summed E-state index contributed by atoms with van der Waals surface area (Å²) in [5.41, 5.74) is 0. The molecule has 2 amide bonds. The third-order valence-corrected chi connectivity index (χ3v) is 3.39. The van der Waals surface area contributed by atoms with Crippen LogP contribution in [0, 0.1) is 5.92 Å². The molecule has 4 nitrogen and oxygen atoms in total. The van der Waals surface area contributed by atoms with Crippen molar-refractivity contribution in [1.82, 2.24) is 15.5 Å². The number of nitrogens with one attached hydrogen (secondary N) is 2. The lowest BCUT2D eigenvalue weighted by Crippen LogP contribution is -2.45. The zero-order valence-electron chi connectivity index (χ0n) is 11.3. The van der Waals surface area contributed by atoms with Crippen LogP contribution in [0.3, 0.4) is 0 Å². The molecule has 1 saturated heterocycles. The fourth-order valence-corrected chi connectivity index (χ4v) is 2.17. The number of carbonyl (C=O) groups is 1. The molecule has 0 unspecified atom stereocenters. The van der Waals surface area contributed by atoms with Gasteiger partial charge < -0.3 is 15.5 Å². The SMILES string of the molecule is CCCCNC(=O)N1CCC(CNCC)CC1. The number of amides is 2. The topological polar surface area (TPSA) is 44.4 Å². The Hall–Kier alpha value is -0.770. The van der Waals surface area contributed by atoms with Crippen LogP contribution in [-0.4, -0.2) is 43.7 Å². The monoisotopic (exact) mass is 241 g/mol. The quantitative estimate of drug-likeness (QED) is 0.697. The first kappa shape index (κ1) is 14.3. The van der Waals surface area contributed by atoms with Crippen LogP contribution in [-0.2, 0) is 0 Å². The summed E-state index contributed by atoms with van der Waals surface area (Å²) in [4.78, 5) is 13.7. The minimum atomic E-state index is 0.125. The molecule has 0 spiro atoms. The highest BCUT2D eigenvalue weighted by molar-refractivity contribution is 5.74. The summed E-state index contributed by atoms with van der Waals surface area (Å²) >= 11 is 0. The van der Waals surface area contributed by atoms with Crippen LogP contribution in [0.15, 0.2) is 0 Å². The summed E-state index contributed by atoms with van der Waals surface area (Å²) in [7, 11) is 0. The van der Waals surface area contributed by atoms with Crippen molar-refractivity contribution in [3.63, 3.8) is 0 Å². The standard InChI is InChI=1S/C13H27N3O/c1-3-5-8-15-13(17)16-9-6-12(7-10-16)11-14-4-2/h12,14H,3-11H2,1-2H3,(H,15,17). The van der Waals surface area contributed by atoms with Crippen molar-refractivity contribution in [2.24, 2.45) is 5.92 Å². The Morgan fingerprint density at radius 2 is 2.00 bits per heavy atom. The van der Waals surface area contributed by atoms with Crippen LogP contribution >= 0.6 is 0 Å². The van der Waals surface area contributed by atoms with E-state index in [9.17, 15) is 4.79 Å². The highest BCUT2D eigenvalue weighted by atomic mass is 16.2. The Bertz CT molecular complexity index is 213. The number of likely N-dealkylation sites (tertiary alicyclic amines) is 1. The molecular weight excluding hydrogens is 214 g/mol. The second-order valence-electron chi connectivity index (χ2n) is 4.82. The predicted octanol–water partition coefficient (Wildman–Crippen LogP) is 1.82. The Kier molecular flexibility index (Phi) is 7.01. The first-order valence-corrected chi connectivity index (χ1v) is 7.01. The Morgan fingerprint density at radius 3 is 2.59 bits per heavy atom. The molecule has 0 aromatic heterocycles. The van der Waals surface area contributed by atoms with E-state index in [2.05, 4.69) is 24.5 Å². The maximum absolute atomic E-state index is 11.8. The van der Waals surface area contributed by atoms with Gasteiger partial charge in [-0.3, -0.25) is 0 Å².